The zero-order valence-corrected chi connectivity index (χ0v) is 31.1. The summed E-state index contributed by atoms with van der Waals surface area (Å²) in [4.78, 5) is 57.6. The summed E-state index contributed by atoms with van der Waals surface area (Å²) in [6, 6.07) is 13.3. The topological polar surface area (TPSA) is 186 Å². The molecule has 4 heterocycles. The van der Waals surface area contributed by atoms with E-state index in [4.69, 9.17) is 16.3 Å². The number of hydrogen-bond donors (Lipinski definition) is 5. The van der Waals surface area contributed by atoms with E-state index in [0.717, 1.165) is 66.4 Å². The maximum absolute atomic E-state index is 12.7. The lowest BCUT2D eigenvalue weighted by Gasteiger charge is -2.29. The molecule has 1 aliphatic carbocycles. The number of benzene rings is 2. The lowest BCUT2D eigenvalue weighted by molar-refractivity contribution is -0.134. The minimum absolute atomic E-state index is 0.0775. The second-order valence-corrected chi connectivity index (χ2v) is 14.4. The number of aryl methyl sites for hydroxylation is 2. The zero-order chi connectivity index (χ0) is 37.9. The Morgan fingerprint density at radius 3 is 2.43 bits per heavy atom. The number of anilines is 4. The Morgan fingerprint density at radius 1 is 0.944 bits per heavy atom. The van der Waals surface area contributed by atoms with Gasteiger partial charge in [0.15, 0.2) is 18.2 Å². The summed E-state index contributed by atoms with van der Waals surface area (Å²) in [6.07, 6.45) is 6.74. The van der Waals surface area contributed by atoms with Gasteiger partial charge in [-0.05, 0) is 86.4 Å². The van der Waals surface area contributed by atoms with Gasteiger partial charge in [0.25, 0.3) is 11.5 Å². The number of pyridine rings is 1. The van der Waals surface area contributed by atoms with E-state index in [9.17, 15) is 19.2 Å². The highest BCUT2D eigenvalue weighted by Crippen LogP contribution is 2.33. The van der Waals surface area contributed by atoms with Crippen molar-refractivity contribution >= 4 is 74.3 Å². The smallest absolute Gasteiger partial charge is 0.293 e. The molecule has 2 aliphatic rings. The largest absolute Gasteiger partial charge is 0.478 e. The molecular formula is C38H43ClN10O5. The van der Waals surface area contributed by atoms with Crippen LogP contribution in [0.5, 0.6) is 5.75 Å². The van der Waals surface area contributed by atoms with E-state index in [1.54, 1.807) is 24.0 Å². The van der Waals surface area contributed by atoms with Crippen LogP contribution in [-0.2, 0) is 28.5 Å². The van der Waals surface area contributed by atoms with Crippen LogP contribution in [0.15, 0.2) is 53.5 Å². The molecule has 3 aromatic heterocycles. The highest BCUT2D eigenvalue weighted by atomic mass is 35.5. The first kappa shape index (κ1) is 36.6. The van der Waals surface area contributed by atoms with Gasteiger partial charge in [0.05, 0.1) is 28.8 Å². The number of halogens is 1. The molecule has 1 saturated heterocycles. The molecule has 5 N–H and O–H groups in total. The quantitative estimate of drug-likeness (QED) is 0.112. The van der Waals surface area contributed by atoms with Crippen molar-refractivity contribution in [3.05, 3.63) is 69.7 Å². The Hall–Kier alpha value is -5.70. The summed E-state index contributed by atoms with van der Waals surface area (Å²) in [5, 5.41) is 21.9. The van der Waals surface area contributed by atoms with E-state index in [1.165, 1.54) is 11.6 Å². The van der Waals surface area contributed by atoms with Crippen LogP contribution < -0.4 is 36.9 Å². The number of nitrogens with one attached hydrogen (secondary N) is 5. The third kappa shape index (κ3) is 7.95. The Bertz CT molecular complexity index is 2300. The number of fused-ring (bicyclic) bond motifs is 2. The standard InChI is InChI=1S/C38H43ClN10O5/c1-40-33(51)20-54-31-15-23-14-25(9-12-29(23)48(2)37(31)53)44-35-28(39)19-43-38(46-35)42-18-22-6-4-21(5-7-22)17-41-24-8-10-26-30(16-24)49(3)47-34(26)27-11-13-32(50)45-36(27)52/h8-10,12,14-16,19,21-22,27,41H,4-7,11,13,17-18,20H2,1-3H3,(H,40,51)(H,45,50,52)(H2,42,43,44,46). The number of aromatic nitrogens is 5. The van der Waals surface area contributed by atoms with Gasteiger partial charge in [0.2, 0.25) is 17.8 Å². The highest BCUT2D eigenvalue weighted by Gasteiger charge is 2.31. The number of carbonyl (C=O) groups is 3. The highest BCUT2D eigenvalue weighted by molar-refractivity contribution is 6.33. The number of rotatable bonds is 12. The van der Waals surface area contributed by atoms with Gasteiger partial charge >= 0.3 is 0 Å². The minimum Gasteiger partial charge on any atom is -0.478 e. The predicted molar refractivity (Wildman–Crippen MR) is 207 cm³/mol. The van der Waals surface area contributed by atoms with Crippen LogP contribution in [0.2, 0.25) is 5.02 Å². The third-order valence-corrected chi connectivity index (χ3v) is 10.7. The summed E-state index contributed by atoms with van der Waals surface area (Å²) in [6.45, 7) is 1.36. The van der Waals surface area contributed by atoms with E-state index >= 15 is 0 Å². The normalized spacial score (nSPS) is 18.7. The number of carbonyl (C=O) groups excluding carboxylic acids is 3. The third-order valence-electron chi connectivity index (χ3n) is 10.4. The van der Waals surface area contributed by atoms with Crippen LogP contribution in [0.25, 0.3) is 21.8 Å². The molecule has 0 bridgehead atoms. The summed E-state index contributed by atoms with van der Waals surface area (Å²) in [5.41, 5.74) is 3.74. The van der Waals surface area contributed by atoms with Crippen LogP contribution in [0.3, 0.4) is 0 Å². The monoisotopic (exact) mass is 754 g/mol. The molecule has 5 aromatic rings. The molecule has 7 rings (SSSR count). The van der Waals surface area contributed by atoms with E-state index in [2.05, 4.69) is 47.7 Å². The Kier molecular flexibility index (Phi) is 10.7. The number of piperidine rings is 1. The molecule has 54 heavy (non-hydrogen) atoms. The van der Waals surface area contributed by atoms with E-state index in [-0.39, 0.29) is 35.6 Å². The molecule has 2 aromatic carbocycles. The number of amides is 3. The van der Waals surface area contributed by atoms with Crippen molar-refractivity contribution < 1.29 is 19.1 Å². The fourth-order valence-electron chi connectivity index (χ4n) is 7.27. The van der Waals surface area contributed by atoms with Crippen molar-refractivity contribution in [1.82, 2.24) is 34.9 Å². The molecular weight excluding hydrogens is 712 g/mol. The Balaban J connectivity index is 0.912. The number of ether oxygens (including phenoxy) is 1. The summed E-state index contributed by atoms with van der Waals surface area (Å²) in [7, 11) is 5.04. The van der Waals surface area contributed by atoms with Crippen LogP contribution >= 0.6 is 11.6 Å². The summed E-state index contributed by atoms with van der Waals surface area (Å²) >= 11 is 6.48. The maximum atomic E-state index is 12.7. The van der Waals surface area contributed by atoms with Crippen molar-refractivity contribution in [2.45, 2.75) is 44.4 Å². The molecule has 0 spiro atoms. The van der Waals surface area contributed by atoms with Gasteiger partial charge in [-0.3, -0.25) is 29.2 Å². The predicted octanol–water partition coefficient (Wildman–Crippen LogP) is 4.59. The molecule has 2 fully saturated rings. The van der Waals surface area contributed by atoms with Crippen molar-refractivity contribution in [2.24, 2.45) is 25.9 Å². The second-order valence-electron chi connectivity index (χ2n) is 14.0. The van der Waals surface area contributed by atoms with Crippen molar-refractivity contribution in [2.75, 3.05) is 42.7 Å². The van der Waals surface area contributed by atoms with Crippen molar-refractivity contribution in [1.29, 1.82) is 0 Å². The summed E-state index contributed by atoms with van der Waals surface area (Å²) < 4.78 is 8.77. The van der Waals surface area contributed by atoms with E-state index < -0.39 is 5.92 Å². The number of likely N-dealkylation sites (N-methyl/N-ethyl adjacent to an activating group) is 1. The SMILES string of the molecule is CNC(=O)COc1cc2cc(Nc3nc(NCC4CCC(CNc5ccc6c(C7CCC(=O)NC7=O)nn(C)c6c5)CC4)ncc3Cl)ccc2n(C)c1=O. The molecule has 0 radical (unpaired) electrons. The molecule has 282 valence electrons. The lowest BCUT2D eigenvalue weighted by atomic mass is 9.82. The first-order valence-corrected chi connectivity index (χ1v) is 18.5. The first-order valence-electron chi connectivity index (χ1n) is 18.1. The van der Waals surface area contributed by atoms with Gasteiger partial charge in [-0.2, -0.15) is 10.1 Å². The molecule has 16 heteroatoms. The van der Waals surface area contributed by atoms with Gasteiger partial charge < -0.3 is 30.6 Å². The molecule has 1 unspecified atom stereocenters. The van der Waals surface area contributed by atoms with Gasteiger partial charge in [0, 0.05) is 62.8 Å². The Labute approximate surface area is 316 Å². The average molecular weight is 755 g/mol. The lowest BCUT2D eigenvalue weighted by Crippen LogP contribution is -2.39. The van der Waals surface area contributed by atoms with Crippen LogP contribution in [0.4, 0.5) is 23.1 Å². The molecule has 3 amide bonds. The van der Waals surface area contributed by atoms with Crippen LogP contribution in [0, 0.1) is 11.8 Å². The fourth-order valence-corrected chi connectivity index (χ4v) is 7.41. The molecule has 1 atom stereocenters. The zero-order valence-electron chi connectivity index (χ0n) is 30.4. The number of imide groups is 1. The fraction of sp³-hybridized carbons (Fsp3) is 0.395. The minimum atomic E-state index is -0.422. The van der Waals surface area contributed by atoms with Crippen LogP contribution in [-0.4, -0.2) is 68.8 Å². The van der Waals surface area contributed by atoms with Gasteiger partial charge in [0.1, 0.15) is 5.02 Å². The second kappa shape index (κ2) is 15.7. The van der Waals surface area contributed by atoms with Gasteiger partial charge in [-0.1, -0.05) is 11.6 Å². The average Bonchev–Trinajstić information content (AvgIpc) is 3.50. The number of nitrogens with zero attached hydrogens (tertiary/aromatic N) is 5. The molecule has 1 aliphatic heterocycles. The van der Waals surface area contributed by atoms with Crippen molar-refractivity contribution in [3.63, 3.8) is 0 Å². The molecule has 1 saturated carbocycles. The molecule has 15 nitrogen and oxygen atoms in total. The van der Waals surface area contributed by atoms with E-state index in [0.29, 0.717) is 52.7 Å². The van der Waals surface area contributed by atoms with Gasteiger partial charge in [-0.15, -0.1) is 0 Å². The van der Waals surface area contributed by atoms with Crippen LogP contribution in [0.1, 0.15) is 50.1 Å². The first-order chi connectivity index (χ1) is 26.1. The Morgan fingerprint density at radius 2 is 1.69 bits per heavy atom. The van der Waals surface area contributed by atoms with E-state index in [1.807, 2.05) is 37.4 Å². The van der Waals surface area contributed by atoms with Crippen molar-refractivity contribution in [3.8, 4) is 5.75 Å². The van der Waals surface area contributed by atoms with Gasteiger partial charge in [-0.25, -0.2) is 4.98 Å². The number of hydrogen-bond acceptors (Lipinski definition) is 11. The maximum Gasteiger partial charge on any atom is 0.293 e. The summed E-state index contributed by atoms with van der Waals surface area (Å²) in [5.74, 6) is 0.769.